The molecule has 6 rings (SSSR count). The van der Waals surface area contributed by atoms with Crippen molar-refractivity contribution in [2.24, 2.45) is 5.41 Å². The molecule has 3 aromatic carbocycles. The van der Waals surface area contributed by atoms with Crippen LogP contribution < -0.4 is 29.6 Å². The maximum Gasteiger partial charge on any atom is 0.240 e. The van der Waals surface area contributed by atoms with Gasteiger partial charge >= 0.3 is 0 Å². The Bertz CT molecular complexity index is 1740. The van der Waals surface area contributed by atoms with Gasteiger partial charge in [-0.3, -0.25) is 14.6 Å². The normalized spacial score (nSPS) is 14.6. The lowest BCUT2D eigenvalue weighted by Crippen LogP contribution is -2.35. The van der Waals surface area contributed by atoms with Gasteiger partial charge in [-0.2, -0.15) is 0 Å². The molecule has 0 saturated heterocycles. The van der Waals surface area contributed by atoms with Crippen LogP contribution >= 0.6 is 0 Å². The lowest BCUT2D eigenvalue weighted by atomic mass is 10.0. The zero-order valence-corrected chi connectivity index (χ0v) is 24.8. The summed E-state index contributed by atoms with van der Waals surface area (Å²) in [5.74, 6) is -0.680. The predicted molar refractivity (Wildman–Crippen MR) is 163 cm³/mol. The Morgan fingerprint density at radius 1 is 0.889 bits per heavy atom. The number of hydrogen-bond donors (Lipinski definition) is 2. The molecule has 2 heterocycles. The summed E-state index contributed by atoms with van der Waals surface area (Å²) in [5.41, 5.74) is -0.224. The van der Waals surface area contributed by atoms with Crippen LogP contribution in [0.1, 0.15) is 19.3 Å². The van der Waals surface area contributed by atoms with Crippen LogP contribution in [0.2, 0.25) is 0 Å². The molecular formula is C33H32F2N4O6. The second kappa shape index (κ2) is 12.6. The molecule has 1 aliphatic heterocycles. The maximum absolute atomic E-state index is 15.3. The van der Waals surface area contributed by atoms with Gasteiger partial charge in [-0.05, 0) is 75.8 Å². The van der Waals surface area contributed by atoms with Crippen LogP contribution in [0.25, 0.3) is 10.9 Å². The average Bonchev–Trinajstić information content (AvgIpc) is 3.84. The predicted octanol–water partition coefficient (Wildman–Crippen LogP) is 5.76. The lowest BCUT2D eigenvalue weighted by molar-refractivity contribution is -0.131. The first-order valence-electron chi connectivity index (χ1n) is 14.6. The number of carbonyl (C=O) groups is 2. The van der Waals surface area contributed by atoms with E-state index >= 15 is 4.39 Å². The van der Waals surface area contributed by atoms with Gasteiger partial charge in [0.1, 0.15) is 30.2 Å². The second-order valence-electron chi connectivity index (χ2n) is 11.2. The number of hydrogen-bond acceptors (Lipinski definition) is 8. The second-order valence-corrected chi connectivity index (χ2v) is 11.2. The van der Waals surface area contributed by atoms with Crippen LogP contribution in [-0.4, -0.2) is 62.2 Å². The van der Waals surface area contributed by atoms with E-state index in [9.17, 15) is 14.0 Å². The Balaban J connectivity index is 1.18. The number of carbonyl (C=O) groups excluding carboxylic acids is 2. The minimum absolute atomic E-state index is 0.0924. The number of nitrogens with zero attached hydrogens (tertiary/aromatic N) is 2. The van der Waals surface area contributed by atoms with Crippen LogP contribution in [0, 0.1) is 17.0 Å². The Kier molecular flexibility index (Phi) is 8.40. The van der Waals surface area contributed by atoms with Crippen molar-refractivity contribution in [1.82, 2.24) is 9.88 Å². The molecule has 1 fully saturated rings. The number of amides is 2. The number of benzene rings is 3. The molecular weight excluding hydrogens is 586 g/mol. The first-order chi connectivity index (χ1) is 21.7. The fourth-order valence-electron chi connectivity index (χ4n) is 5.03. The summed E-state index contributed by atoms with van der Waals surface area (Å²) in [6.07, 6.45) is 3.03. The number of anilines is 2. The first kappa shape index (κ1) is 30.1. The van der Waals surface area contributed by atoms with Gasteiger partial charge in [-0.25, -0.2) is 8.78 Å². The van der Waals surface area contributed by atoms with Crippen molar-refractivity contribution in [2.45, 2.75) is 19.3 Å². The van der Waals surface area contributed by atoms with Gasteiger partial charge in [0.2, 0.25) is 17.6 Å². The zero-order chi connectivity index (χ0) is 31.6. The number of fused-ring (bicyclic) bond motifs is 3. The third-order valence-corrected chi connectivity index (χ3v) is 7.58. The lowest BCUT2D eigenvalue weighted by Gasteiger charge is -2.23. The van der Waals surface area contributed by atoms with E-state index in [2.05, 4.69) is 20.5 Å². The number of rotatable bonds is 11. The fraction of sp³-hybridized carbons (Fsp3) is 0.303. The van der Waals surface area contributed by atoms with Crippen molar-refractivity contribution >= 4 is 34.1 Å². The third-order valence-electron chi connectivity index (χ3n) is 7.58. The summed E-state index contributed by atoms with van der Waals surface area (Å²) in [5, 5.41) is 5.79. The summed E-state index contributed by atoms with van der Waals surface area (Å²) in [4.78, 5) is 32.5. The molecule has 12 heteroatoms. The van der Waals surface area contributed by atoms with Crippen molar-refractivity contribution in [3.05, 3.63) is 72.4 Å². The number of halogens is 2. The average molecular weight is 619 g/mol. The Labute approximate surface area is 258 Å². The molecule has 2 N–H and O–H groups in total. The smallest absolute Gasteiger partial charge is 0.240 e. The molecule has 0 atom stereocenters. The van der Waals surface area contributed by atoms with Crippen LogP contribution in [0.4, 0.5) is 20.2 Å². The van der Waals surface area contributed by atoms with Gasteiger partial charge in [-0.1, -0.05) is 0 Å². The van der Waals surface area contributed by atoms with Crippen molar-refractivity contribution in [2.75, 3.05) is 51.1 Å². The summed E-state index contributed by atoms with van der Waals surface area (Å²) in [6, 6.07) is 12.6. The van der Waals surface area contributed by atoms with Crippen molar-refractivity contribution < 1.29 is 37.3 Å². The van der Waals surface area contributed by atoms with E-state index < -0.39 is 28.9 Å². The number of aromatic nitrogens is 1. The highest BCUT2D eigenvalue weighted by Crippen LogP contribution is 2.49. The molecule has 1 aromatic heterocycles. The topological polar surface area (TPSA) is 111 Å². The highest BCUT2D eigenvalue weighted by molar-refractivity contribution is 6.16. The highest BCUT2D eigenvalue weighted by Gasteiger charge is 2.56. The van der Waals surface area contributed by atoms with Crippen molar-refractivity contribution in [3.63, 3.8) is 0 Å². The molecule has 45 heavy (non-hydrogen) atoms. The van der Waals surface area contributed by atoms with Crippen LogP contribution in [-0.2, 0) is 9.59 Å². The van der Waals surface area contributed by atoms with Gasteiger partial charge in [0, 0.05) is 36.2 Å². The molecule has 10 nitrogen and oxygen atoms in total. The molecule has 0 spiro atoms. The van der Waals surface area contributed by atoms with Gasteiger partial charge < -0.3 is 34.5 Å². The largest absolute Gasteiger partial charge is 0.489 e. The summed E-state index contributed by atoms with van der Waals surface area (Å²) in [6.45, 7) is 2.00. The maximum atomic E-state index is 15.3. The molecule has 0 bridgehead atoms. The highest BCUT2D eigenvalue weighted by atomic mass is 19.1. The van der Waals surface area contributed by atoms with Crippen LogP contribution in [0.5, 0.6) is 28.7 Å². The summed E-state index contributed by atoms with van der Waals surface area (Å²) >= 11 is 0. The molecule has 2 aliphatic rings. The molecule has 234 valence electrons. The molecule has 4 aromatic rings. The zero-order valence-electron chi connectivity index (χ0n) is 24.8. The molecule has 0 unspecified atom stereocenters. The van der Waals surface area contributed by atoms with Crippen molar-refractivity contribution in [3.8, 4) is 28.7 Å². The van der Waals surface area contributed by atoms with Gasteiger partial charge in [-0.15, -0.1) is 0 Å². The van der Waals surface area contributed by atoms with E-state index in [-0.39, 0.29) is 11.4 Å². The Hall–Kier alpha value is -4.97. The summed E-state index contributed by atoms with van der Waals surface area (Å²) in [7, 11) is 3.99. The van der Waals surface area contributed by atoms with E-state index in [1.54, 1.807) is 18.3 Å². The Morgan fingerprint density at radius 3 is 2.27 bits per heavy atom. The summed E-state index contributed by atoms with van der Waals surface area (Å²) < 4.78 is 52.4. The third kappa shape index (κ3) is 6.46. The number of ether oxygens (including phenoxy) is 4. The molecule has 1 saturated carbocycles. The SMILES string of the molecule is CN(C)CCCOc1cc2nccc(Oc3ccc(NC(=O)C4(C(=O)Nc5ccc(F)cc5)CC4)cc3F)c2c2c1OCCO2. The quantitative estimate of drug-likeness (QED) is 0.161. The molecule has 1 aliphatic carbocycles. The standard InChI is InChI=1S/C33H32F2N4O6/c1-39(2)14-3-15-42-27-19-24-28(30-29(27)43-16-17-44-30)26(10-13-36-24)45-25-9-8-22(18-23(25)35)38-32(41)33(11-12-33)31(40)37-21-6-4-20(34)5-7-21/h4-10,13,18-19H,3,11-12,14-17H2,1-2H3,(H,37,40)(H,38,41). The number of pyridine rings is 1. The van der Waals surface area contributed by atoms with Gasteiger partial charge in [0.25, 0.3) is 0 Å². The molecule has 2 amide bonds. The van der Waals surface area contributed by atoms with E-state index in [0.29, 0.717) is 72.3 Å². The monoisotopic (exact) mass is 618 g/mol. The van der Waals surface area contributed by atoms with E-state index in [1.807, 2.05) is 14.1 Å². The first-order valence-corrected chi connectivity index (χ1v) is 14.6. The van der Waals surface area contributed by atoms with Gasteiger partial charge in [0.15, 0.2) is 23.1 Å². The minimum Gasteiger partial charge on any atom is -0.489 e. The Morgan fingerprint density at radius 2 is 1.58 bits per heavy atom. The van der Waals surface area contributed by atoms with Crippen LogP contribution in [0.3, 0.4) is 0 Å². The minimum atomic E-state index is -1.29. The van der Waals surface area contributed by atoms with E-state index in [4.69, 9.17) is 18.9 Å². The van der Waals surface area contributed by atoms with Gasteiger partial charge in [0.05, 0.1) is 17.5 Å². The fourth-order valence-corrected chi connectivity index (χ4v) is 5.03. The number of nitrogens with one attached hydrogen (secondary N) is 2. The van der Waals surface area contributed by atoms with E-state index in [0.717, 1.165) is 19.0 Å². The van der Waals surface area contributed by atoms with E-state index in [1.165, 1.54) is 36.4 Å². The van der Waals surface area contributed by atoms with Crippen molar-refractivity contribution in [1.29, 1.82) is 0 Å². The molecule has 0 radical (unpaired) electrons. The van der Waals surface area contributed by atoms with Crippen LogP contribution in [0.15, 0.2) is 60.8 Å².